The van der Waals surface area contributed by atoms with E-state index in [1.807, 2.05) is 0 Å². The summed E-state index contributed by atoms with van der Waals surface area (Å²) in [6.45, 7) is 6.34. The van der Waals surface area contributed by atoms with Crippen LogP contribution in [0.15, 0.2) is 0 Å². The molecule has 18 heavy (non-hydrogen) atoms. The van der Waals surface area contributed by atoms with Gasteiger partial charge in [0.25, 0.3) is 0 Å². The minimum absolute atomic E-state index is 0.288. The molecular formula is C13H23N3OS. The third-order valence-corrected chi connectivity index (χ3v) is 4.28. The average molecular weight is 269 g/mol. The second-order valence-corrected chi connectivity index (χ2v) is 6.19. The summed E-state index contributed by atoms with van der Waals surface area (Å²) in [6, 6.07) is 0. The lowest BCUT2D eigenvalue weighted by Gasteiger charge is -2.16. The van der Waals surface area contributed by atoms with E-state index in [9.17, 15) is 0 Å². The van der Waals surface area contributed by atoms with Crippen molar-refractivity contribution < 1.29 is 4.74 Å². The van der Waals surface area contributed by atoms with Gasteiger partial charge in [-0.1, -0.05) is 0 Å². The Balaban J connectivity index is 1.94. The number of ether oxygens (including phenoxy) is 1. The predicted octanol–water partition coefficient (Wildman–Crippen LogP) is 2.34. The minimum Gasteiger partial charge on any atom is -0.377 e. The van der Waals surface area contributed by atoms with Crippen LogP contribution in [0.1, 0.15) is 43.2 Å². The second kappa shape index (κ2) is 5.99. The lowest BCUT2D eigenvalue weighted by atomic mass is 10.2. The maximum Gasteiger partial charge on any atom is 0.185 e. The van der Waals surface area contributed by atoms with Crippen molar-refractivity contribution in [2.24, 2.45) is 5.73 Å². The van der Waals surface area contributed by atoms with Crippen molar-refractivity contribution in [1.29, 1.82) is 0 Å². The Hall–Kier alpha value is -0.650. The van der Waals surface area contributed by atoms with E-state index in [1.165, 1.54) is 23.4 Å². The monoisotopic (exact) mass is 269 g/mol. The van der Waals surface area contributed by atoms with Crippen LogP contribution >= 0.6 is 11.3 Å². The molecule has 0 spiro atoms. The van der Waals surface area contributed by atoms with Gasteiger partial charge in [-0.25, -0.2) is 4.98 Å². The Morgan fingerprint density at radius 1 is 1.50 bits per heavy atom. The van der Waals surface area contributed by atoms with Crippen molar-refractivity contribution in [1.82, 2.24) is 4.98 Å². The zero-order valence-corrected chi connectivity index (χ0v) is 12.3. The summed E-state index contributed by atoms with van der Waals surface area (Å²) in [5.41, 5.74) is 7.04. The highest BCUT2D eigenvalue weighted by atomic mass is 32.1. The van der Waals surface area contributed by atoms with Crippen LogP contribution < -0.4 is 10.6 Å². The van der Waals surface area contributed by atoms with Gasteiger partial charge in [-0.2, -0.15) is 0 Å². The number of likely N-dealkylation sites (N-methyl/N-ethyl adjacent to an activating group) is 1. The van der Waals surface area contributed by atoms with Crippen LogP contribution in [0.2, 0.25) is 0 Å². The molecule has 0 saturated heterocycles. The number of rotatable bonds is 7. The van der Waals surface area contributed by atoms with Gasteiger partial charge in [0.2, 0.25) is 0 Å². The average Bonchev–Trinajstić information content (AvgIpc) is 3.08. The minimum atomic E-state index is 0.288. The molecule has 4 nitrogen and oxygen atoms in total. The molecular weight excluding hydrogens is 246 g/mol. The van der Waals surface area contributed by atoms with E-state index in [2.05, 4.69) is 25.8 Å². The van der Waals surface area contributed by atoms with Crippen LogP contribution in [0.3, 0.4) is 0 Å². The Kier molecular flexibility index (Phi) is 4.59. The Labute approximate surface area is 113 Å². The van der Waals surface area contributed by atoms with Crippen LogP contribution in [0, 0.1) is 0 Å². The molecule has 1 aliphatic rings. The summed E-state index contributed by atoms with van der Waals surface area (Å²) < 4.78 is 5.57. The highest BCUT2D eigenvalue weighted by Gasteiger charge is 2.29. The van der Waals surface area contributed by atoms with Crippen LogP contribution in [-0.4, -0.2) is 31.3 Å². The molecule has 0 aliphatic heterocycles. The SMILES string of the molecule is CC(C)OCCN(C)c1nc(C2CC2)c(CN)s1. The van der Waals surface area contributed by atoms with Crippen molar-refractivity contribution in [2.45, 2.75) is 45.3 Å². The van der Waals surface area contributed by atoms with Crippen molar-refractivity contribution in [3.05, 3.63) is 10.6 Å². The Morgan fingerprint density at radius 2 is 2.22 bits per heavy atom. The number of anilines is 1. The van der Waals surface area contributed by atoms with Gasteiger partial charge in [-0.3, -0.25) is 0 Å². The number of thiazole rings is 1. The van der Waals surface area contributed by atoms with Crippen LogP contribution in [0.5, 0.6) is 0 Å². The number of aromatic nitrogens is 1. The van der Waals surface area contributed by atoms with Crippen molar-refractivity contribution in [2.75, 3.05) is 25.1 Å². The fourth-order valence-electron chi connectivity index (χ4n) is 1.86. The van der Waals surface area contributed by atoms with E-state index in [0.29, 0.717) is 12.5 Å². The molecule has 1 aromatic rings. The number of nitrogens with zero attached hydrogens (tertiary/aromatic N) is 2. The maximum absolute atomic E-state index is 5.80. The fourth-order valence-corrected chi connectivity index (χ4v) is 2.87. The topological polar surface area (TPSA) is 51.4 Å². The van der Waals surface area contributed by atoms with Gasteiger partial charge in [-0.05, 0) is 26.7 Å². The van der Waals surface area contributed by atoms with Crippen molar-refractivity contribution in [3.63, 3.8) is 0 Å². The highest BCUT2D eigenvalue weighted by molar-refractivity contribution is 7.15. The van der Waals surface area contributed by atoms with E-state index in [0.717, 1.165) is 18.3 Å². The Morgan fingerprint density at radius 3 is 2.78 bits per heavy atom. The summed E-state index contributed by atoms with van der Waals surface area (Å²) in [4.78, 5) is 8.17. The van der Waals surface area contributed by atoms with Crippen LogP contribution in [0.25, 0.3) is 0 Å². The summed E-state index contributed by atoms with van der Waals surface area (Å²) >= 11 is 1.73. The van der Waals surface area contributed by atoms with Crippen molar-refractivity contribution in [3.8, 4) is 0 Å². The third-order valence-electron chi connectivity index (χ3n) is 3.07. The van der Waals surface area contributed by atoms with E-state index in [4.69, 9.17) is 15.5 Å². The molecule has 0 bridgehead atoms. The summed E-state index contributed by atoms with van der Waals surface area (Å²) in [7, 11) is 2.07. The predicted molar refractivity (Wildman–Crippen MR) is 76.3 cm³/mol. The van der Waals surface area contributed by atoms with Gasteiger partial charge in [-0.15, -0.1) is 11.3 Å². The van der Waals surface area contributed by atoms with E-state index in [-0.39, 0.29) is 6.10 Å². The zero-order valence-electron chi connectivity index (χ0n) is 11.5. The van der Waals surface area contributed by atoms with E-state index >= 15 is 0 Å². The molecule has 0 aromatic carbocycles. The van der Waals surface area contributed by atoms with Gasteiger partial charge < -0.3 is 15.4 Å². The molecule has 2 N–H and O–H groups in total. The first-order valence-corrected chi connectivity index (χ1v) is 7.46. The summed E-state index contributed by atoms with van der Waals surface area (Å²) in [5, 5.41) is 1.07. The lowest BCUT2D eigenvalue weighted by Crippen LogP contribution is -2.23. The van der Waals surface area contributed by atoms with Gasteiger partial charge in [0, 0.05) is 30.9 Å². The van der Waals surface area contributed by atoms with E-state index < -0.39 is 0 Å². The fraction of sp³-hybridized carbons (Fsp3) is 0.769. The van der Waals surface area contributed by atoms with Crippen LogP contribution in [0.4, 0.5) is 5.13 Å². The van der Waals surface area contributed by atoms with Gasteiger partial charge in [0.1, 0.15) is 0 Å². The number of nitrogens with two attached hydrogens (primary N) is 1. The first-order chi connectivity index (χ1) is 8.61. The first kappa shape index (κ1) is 13.8. The molecule has 5 heteroatoms. The largest absolute Gasteiger partial charge is 0.377 e. The molecule has 0 atom stereocenters. The molecule has 1 fully saturated rings. The third kappa shape index (κ3) is 3.43. The maximum atomic E-state index is 5.80. The molecule has 1 aliphatic carbocycles. The number of hydrogen-bond donors (Lipinski definition) is 1. The molecule has 1 heterocycles. The lowest BCUT2D eigenvalue weighted by molar-refractivity contribution is 0.0846. The standard InChI is InChI=1S/C13H23N3OS/c1-9(2)17-7-6-16(3)13-15-12(10-4-5-10)11(8-14)18-13/h9-10H,4-8,14H2,1-3H3. The Bertz CT molecular complexity index is 388. The molecule has 1 saturated carbocycles. The number of hydrogen-bond acceptors (Lipinski definition) is 5. The first-order valence-electron chi connectivity index (χ1n) is 6.64. The molecule has 1 aromatic heterocycles. The normalized spacial score (nSPS) is 15.4. The quantitative estimate of drug-likeness (QED) is 0.825. The zero-order chi connectivity index (χ0) is 13.1. The molecule has 0 unspecified atom stereocenters. The second-order valence-electron chi connectivity index (χ2n) is 5.12. The highest BCUT2D eigenvalue weighted by Crippen LogP contribution is 2.43. The molecule has 0 amide bonds. The summed E-state index contributed by atoms with van der Waals surface area (Å²) in [6.07, 6.45) is 2.84. The van der Waals surface area contributed by atoms with Crippen molar-refractivity contribution >= 4 is 16.5 Å². The smallest absolute Gasteiger partial charge is 0.185 e. The molecule has 0 radical (unpaired) electrons. The van der Waals surface area contributed by atoms with Gasteiger partial charge in [0.15, 0.2) is 5.13 Å². The van der Waals surface area contributed by atoms with E-state index in [1.54, 1.807) is 11.3 Å². The van der Waals surface area contributed by atoms with Crippen LogP contribution in [-0.2, 0) is 11.3 Å². The molecule has 2 rings (SSSR count). The summed E-state index contributed by atoms with van der Waals surface area (Å²) in [5.74, 6) is 0.675. The van der Waals surface area contributed by atoms with Gasteiger partial charge in [0.05, 0.1) is 18.4 Å². The molecule has 102 valence electrons. The van der Waals surface area contributed by atoms with Gasteiger partial charge >= 0.3 is 0 Å².